The smallest absolute Gasteiger partial charge is 0.268 e. The summed E-state index contributed by atoms with van der Waals surface area (Å²) in [5, 5.41) is 12.9. The molecular weight excluding hydrogens is 496 g/mol. The molecule has 1 N–H and O–H groups in total. The number of hydrogen-bond donors (Lipinski definition) is 1. The summed E-state index contributed by atoms with van der Waals surface area (Å²) < 4.78 is 36.2. The molecule has 0 aliphatic heterocycles. The molecule has 0 amide bonds. The van der Waals surface area contributed by atoms with Gasteiger partial charge in [0.25, 0.3) is 6.43 Å². The molecule has 10 heteroatoms. The fourth-order valence-electron chi connectivity index (χ4n) is 4.42. The predicted octanol–water partition coefficient (Wildman–Crippen LogP) is 5.55. The first-order valence-electron chi connectivity index (χ1n) is 10.8. The Bertz CT molecular complexity index is 1410. The summed E-state index contributed by atoms with van der Waals surface area (Å²) in [6.07, 6.45) is 2.69. The van der Waals surface area contributed by atoms with Crippen LogP contribution in [0.2, 0.25) is 5.02 Å². The van der Waals surface area contributed by atoms with E-state index in [1.54, 1.807) is 43.8 Å². The second-order valence-corrected chi connectivity index (χ2v) is 10.4. The van der Waals surface area contributed by atoms with Crippen LogP contribution in [0.3, 0.4) is 0 Å². The largest absolute Gasteiger partial charge is 0.496 e. The maximum atomic E-state index is 14.4. The number of aliphatic hydroxyl groups is 1. The van der Waals surface area contributed by atoms with E-state index in [1.807, 2.05) is 12.1 Å². The molecule has 1 atom stereocenters. The van der Waals surface area contributed by atoms with Gasteiger partial charge in [-0.1, -0.05) is 31.5 Å². The molecule has 1 unspecified atom stereocenters. The third-order valence-electron chi connectivity index (χ3n) is 6.07. The number of pyridine rings is 1. The molecule has 3 aromatic heterocycles. The van der Waals surface area contributed by atoms with Crippen molar-refractivity contribution in [3.05, 3.63) is 75.4 Å². The van der Waals surface area contributed by atoms with Crippen molar-refractivity contribution >= 4 is 33.2 Å². The number of methoxy groups -OCH3 is 1. The Hall–Kier alpha value is -2.88. The van der Waals surface area contributed by atoms with E-state index >= 15 is 0 Å². The Kier molecular flexibility index (Phi) is 6.95. The maximum Gasteiger partial charge on any atom is 0.268 e. The van der Waals surface area contributed by atoms with Gasteiger partial charge in [-0.3, -0.25) is 4.79 Å². The molecule has 6 nitrogen and oxygen atoms in total. The van der Waals surface area contributed by atoms with Crippen LogP contribution in [-0.4, -0.2) is 38.8 Å². The lowest BCUT2D eigenvalue weighted by atomic mass is 9.74. The highest BCUT2D eigenvalue weighted by Crippen LogP contribution is 2.42. The first-order valence-corrected chi connectivity index (χ1v) is 12.0. The molecule has 0 aliphatic carbocycles. The second kappa shape index (κ2) is 9.64. The molecule has 0 saturated heterocycles. The number of benzene rings is 1. The molecule has 0 spiro atoms. The lowest BCUT2D eigenvalue weighted by Crippen LogP contribution is -2.46. The third kappa shape index (κ3) is 4.94. The van der Waals surface area contributed by atoms with Crippen LogP contribution in [0, 0.1) is 0 Å². The molecule has 35 heavy (non-hydrogen) atoms. The first kappa shape index (κ1) is 25.2. The zero-order valence-electron chi connectivity index (χ0n) is 19.3. The van der Waals surface area contributed by atoms with E-state index in [0.717, 1.165) is 11.1 Å². The molecule has 0 bridgehead atoms. The van der Waals surface area contributed by atoms with Crippen molar-refractivity contribution in [3.63, 3.8) is 0 Å². The van der Waals surface area contributed by atoms with Crippen molar-refractivity contribution in [1.29, 1.82) is 0 Å². The summed E-state index contributed by atoms with van der Waals surface area (Å²) >= 11 is 7.26. The molecule has 4 rings (SSSR count). The van der Waals surface area contributed by atoms with E-state index in [1.165, 1.54) is 35.5 Å². The molecule has 3 heterocycles. The summed E-state index contributed by atoms with van der Waals surface area (Å²) in [4.78, 5) is 20.4. The van der Waals surface area contributed by atoms with Crippen molar-refractivity contribution in [3.8, 4) is 16.9 Å². The van der Waals surface area contributed by atoms with Crippen LogP contribution in [0.5, 0.6) is 5.75 Å². The van der Waals surface area contributed by atoms with Crippen LogP contribution in [0.15, 0.2) is 59.4 Å². The summed E-state index contributed by atoms with van der Waals surface area (Å²) in [6, 6.07) is 7.10. The van der Waals surface area contributed by atoms with E-state index in [4.69, 9.17) is 16.3 Å². The molecule has 0 radical (unpaired) electrons. The van der Waals surface area contributed by atoms with Gasteiger partial charge in [0, 0.05) is 29.7 Å². The number of hydrogen-bond acceptors (Lipinski definition) is 6. The Balaban J connectivity index is 1.74. The van der Waals surface area contributed by atoms with Crippen molar-refractivity contribution in [1.82, 2.24) is 14.5 Å². The minimum absolute atomic E-state index is 0.0877. The predicted molar refractivity (Wildman–Crippen MR) is 134 cm³/mol. The van der Waals surface area contributed by atoms with Crippen LogP contribution in [0.25, 0.3) is 21.3 Å². The molecular formula is C25H24ClF2N3O3S. The summed E-state index contributed by atoms with van der Waals surface area (Å²) in [6.45, 7) is 3.11. The average Bonchev–Trinajstić information content (AvgIpc) is 3.33. The molecule has 4 aromatic rings. The van der Waals surface area contributed by atoms with Gasteiger partial charge in [0.2, 0.25) is 5.43 Å². The number of fused-ring (bicyclic) bond motifs is 1. The molecule has 0 aliphatic rings. The summed E-state index contributed by atoms with van der Waals surface area (Å²) in [5.74, 6) is 0.513. The number of aromatic nitrogens is 3. The highest BCUT2D eigenvalue weighted by molar-refractivity contribution is 7.17. The van der Waals surface area contributed by atoms with Crippen molar-refractivity contribution in [2.24, 2.45) is 0 Å². The Morgan fingerprint density at radius 3 is 2.57 bits per heavy atom. The minimum atomic E-state index is -3.06. The monoisotopic (exact) mass is 519 g/mol. The normalized spacial score (nSPS) is 13.8. The number of halogens is 3. The van der Waals surface area contributed by atoms with Crippen LogP contribution in [0.4, 0.5) is 8.78 Å². The maximum absolute atomic E-state index is 14.4. The van der Waals surface area contributed by atoms with E-state index in [0.29, 0.717) is 21.5 Å². The quantitative estimate of drug-likeness (QED) is 0.330. The van der Waals surface area contributed by atoms with Gasteiger partial charge >= 0.3 is 0 Å². The van der Waals surface area contributed by atoms with Crippen molar-refractivity contribution < 1.29 is 18.6 Å². The topological polar surface area (TPSA) is 77.2 Å². The highest BCUT2D eigenvalue weighted by atomic mass is 35.5. The minimum Gasteiger partial charge on any atom is -0.496 e. The molecule has 1 aromatic carbocycles. The lowest BCUT2D eigenvalue weighted by molar-refractivity contribution is -0.120. The molecule has 184 valence electrons. The highest BCUT2D eigenvalue weighted by Gasteiger charge is 2.44. The zero-order valence-corrected chi connectivity index (χ0v) is 20.9. The Morgan fingerprint density at radius 1 is 1.20 bits per heavy atom. The first-order chi connectivity index (χ1) is 16.6. The SMILES string of the molecule is COc1ccc(-c2cncnc2)cc1C(C)(C)CC(O)(Cn1cc(Cl)c(=O)c2sccc21)C(F)F. The van der Waals surface area contributed by atoms with Gasteiger partial charge in [0.05, 0.1) is 23.9 Å². The average molecular weight is 520 g/mol. The van der Waals surface area contributed by atoms with E-state index in [2.05, 4.69) is 9.97 Å². The Labute approximate surface area is 209 Å². The van der Waals surface area contributed by atoms with E-state index in [-0.39, 0.29) is 16.9 Å². The fraction of sp³-hybridized carbons (Fsp3) is 0.320. The van der Waals surface area contributed by atoms with Gasteiger partial charge in [-0.2, -0.15) is 0 Å². The molecule has 0 fully saturated rings. The van der Waals surface area contributed by atoms with Gasteiger partial charge < -0.3 is 14.4 Å². The van der Waals surface area contributed by atoms with Crippen molar-refractivity contribution in [2.45, 2.75) is 44.3 Å². The van der Waals surface area contributed by atoms with Crippen LogP contribution >= 0.6 is 22.9 Å². The van der Waals surface area contributed by atoms with Gasteiger partial charge in [-0.05, 0) is 41.0 Å². The standard InChI is InChI=1S/C25H24ClF2N3O3S/c1-24(2,17-8-15(4-5-20(17)34-3)16-9-29-14-30-10-16)12-25(33,23(27)28)13-31-11-18(26)21(32)22-19(31)6-7-35-22/h4-11,14,23,33H,12-13H2,1-3H3. The lowest BCUT2D eigenvalue weighted by Gasteiger charge is -2.37. The number of nitrogens with zero attached hydrogens (tertiary/aromatic N) is 3. The van der Waals surface area contributed by atoms with E-state index in [9.17, 15) is 18.7 Å². The van der Waals surface area contributed by atoms with Crippen LogP contribution < -0.4 is 10.2 Å². The van der Waals surface area contributed by atoms with Gasteiger partial charge in [-0.25, -0.2) is 18.7 Å². The van der Waals surface area contributed by atoms with Crippen LogP contribution in [0.1, 0.15) is 25.8 Å². The van der Waals surface area contributed by atoms with Crippen molar-refractivity contribution in [2.75, 3.05) is 7.11 Å². The number of thiophene rings is 1. The number of ether oxygens (including phenoxy) is 1. The fourth-order valence-corrected chi connectivity index (χ4v) is 5.55. The number of alkyl halides is 2. The summed E-state index contributed by atoms with van der Waals surface area (Å²) in [7, 11) is 1.51. The summed E-state index contributed by atoms with van der Waals surface area (Å²) in [5.41, 5.74) is -1.06. The molecule has 0 saturated carbocycles. The second-order valence-electron chi connectivity index (χ2n) is 9.08. The Morgan fingerprint density at radius 2 is 1.91 bits per heavy atom. The van der Waals surface area contributed by atoms with Gasteiger partial charge in [-0.15, -0.1) is 11.3 Å². The third-order valence-corrected chi connectivity index (χ3v) is 7.24. The number of rotatable bonds is 8. The van der Waals surface area contributed by atoms with Gasteiger partial charge in [0.1, 0.15) is 22.7 Å². The van der Waals surface area contributed by atoms with Crippen LogP contribution in [-0.2, 0) is 12.0 Å². The van der Waals surface area contributed by atoms with Gasteiger partial charge in [0.15, 0.2) is 0 Å². The van der Waals surface area contributed by atoms with E-state index < -0.39 is 24.0 Å². The zero-order chi connectivity index (χ0) is 25.4.